The van der Waals surface area contributed by atoms with E-state index in [1.54, 1.807) is 0 Å². The lowest BCUT2D eigenvalue weighted by atomic mass is 10.0. The number of carbonyl (C=O) groups excluding carboxylic acids is 1. The summed E-state index contributed by atoms with van der Waals surface area (Å²) in [6, 6.07) is 11.0. The van der Waals surface area contributed by atoms with Crippen molar-refractivity contribution in [1.82, 2.24) is 4.90 Å². The third-order valence-corrected chi connectivity index (χ3v) is 3.50. The Kier molecular flexibility index (Phi) is 2.71. The average Bonchev–Trinajstić information content (AvgIpc) is 3.15. The highest BCUT2D eigenvalue weighted by Crippen LogP contribution is 2.34. The Balaban J connectivity index is 1.86. The van der Waals surface area contributed by atoms with Gasteiger partial charge in [-0.2, -0.15) is 0 Å². The molecule has 0 unspecified atom stereocenters. The zero-order valence-corrected chi connectivity index (χ0v) is 9.93. The quantitative estimate of drug-likeness (QED) is 0.774. The van der Waals surface area contributed by atoms with Gasteiger partial charge in [0.25, 0.3) is 0 Å². The van der Waals surface area contributed by atoms with Crippen LogP contribution in [0.4, 0.5) is 0 Å². The van der Waals surface area contributed by atoms with Crippen molar-refractivity contribution in [3.8, 4) is 0 Å². The number of likely N-dealkylation sites (tertiary alicyclic amines) is 1. The molecule has 2 fully saturated rings. The van der Waals surface area contributed by atoms with Gasteiger partial charge in [0.15, 0.2) is 0 Å². The molecule has 3 rings (SSSR count). The maximum atomic E-state index is 11.6. The van der Waals surface area contributed by atoms with Gasteiger partial charge in [0.05, 0.1) is 0 Å². The summed E-state index contributed by atoms with van der Waals surface area (Å²) in [5.74, 6) is 0.379. The van der Waals surface area contributed by atoms with E-state index in [1.807, 2.05) is 18.2 Å². The minimum atomic E-state index is 0.379. The number of rotatable bonds is 2. The van der Waals surface area contributed by atoms with Crippen molar-refractivity contribution >= 4 is 11.9 Å². The summed E-state index contributed by atoms with van der Waals surface area (Å²) < 4.78 is 0. The van der Waals surface area contributed by atoms with Crippen LogP contribution in [-0.2, 0) is 4.79 Å². The Morgan fingerprint density at radius 1 is 1.18 bits per heavy atom. The molecule has 0 bridgehead atoms. The molecule has 88 valence electrons. The fourth-order valence-corrected chi connectivity index (χ4v) is 2.46. The highest BCUT2D eigenvalue weighted by atomic mass is 16.1. The molecule has 1 aromatic rings. The van der Waals surface area contributed by atoms with Crippen LogP contribution in [0, 0.1) is 0 Å². The molecule has 0 radical (unpaired) electrons. The Morgan fingerprint density at radius 2 is 1.94 bits per heavy atom. The van der Waals surface area contributed by atoms with Gasteiger partial charge in [0, 0.05) is 31.1 Å². The molecule has 1 aromatic carbocycles. The summed E-state index contributed by atoms with van der Waals surface area (Å²) in [5, 5.41) is 0. The second-order valence-electron chi connectivity index (χ2n) is 4.94. The van der Waals surface area contributed by atoms with Gasteiger partial charge in [-0.1, -0.05) is 30.3 Å². The van der Waals surface area contributed by atoms with E-state index >= 15 is 0 Å². The highest BCUT2D eigenvalue weighted by molar-refractivity contribution is 5.83. The number of ketones is 1. The van der Waals surface area contributed by atoms with Crippen molar-refractivity contribution in [3.63, 3.8) is 0 Å². The number of nitrogens with zero attached hydrogens (tertiary/aromatic N) is 1. The lowest BCUT2D eigenvalue weighted by molar-refractivity contribution is -0.120. The van der Waals surface area contributed by atoms with Crippen LogP contribution in [0.15, 0.2) is 36.0 Å². The Labute approximate surface area is 102 Å². The number of piperidine rings is 1. The SMILES string of the molecule is O=C1CCN(C2CC2)C(=Cc2ccccc2)C1. The molecule has 1 saturated heterocycles. The molecular formula is C15H17NO. The fraction of sp³-hybridized carbons (Fsp3) is 0.400. The molecule has 0 aromatic heterocycles. The minimum Gasteiger partial charge on any atom is -0.371 e. The molecule has 1 aliphatic carbocycles. The van der Waals surface area contributed by atoms with E-state index in [1.165, 1.54) is 24.1 Å². The molecular weight excluding hydrogens is 210 g/mol. The van der Waals surface area contributed by atoms with Crippen molar-refractivity contribution in [3.05, 3.63) is 41.6 Å². The van der Waals surface area contributed by atoms with Crippen molar-refractivity contribution in [1.29, 1.82) is 0 Å². The van der Waals surface area contributed by atoms with E-state index < -0.39 is 0 Å². The number of Topliss-reactive ketones (excluding diaryl/α,β-unsaturated/α-hetero) is 1. The first-order chi connectivity index (χ1) is 8.33. The Hall–Kier alpha value is -1.57. The van der Waals surface area contributed by atoms with Crippen LogP contribution in [0.5, 0.6) is 0 Å². The van der Waals surface area contributed by atoms with Crippen LogP contribution in [0.1, 0.15) is 31.2 Å². The van der Waals surface area contributed by atoms with Crippen LogP contribution < -0.4 is 0 Å². The van der Waals surface area contributed by atoms with E-state index in [2.05, 4.69) is 23.1 Å². The molecule has 2 nitrogen and oxygen atoms in total. The Morgan fingerprint density at radius 3 is 2.65 bits per heavy atom. The molecule has 2 heteroatoms. The number of allylic oxidation sites excluding steroid dienone is 1. The van der Waals surface area contributed by atoms with E-state index in [0.29, 0.717) is 18.2 Å². The van der Waals surface area contributed by atoms with E-state index in [-0.39, 0.29) is 0 Å². The first-order valence-electron chi connectivity index (χ1n) is 6.37. The number of hydrogen-bond acceptors (Lipinski definition) is 2. The summed E-state index contributed by atoms with van der Waals surface area (Å²) >= 11 is 0. The smallest absolute Gasteiger partial charge is 0.140 e. The topological polar surface area (TPSA) is 20.3 Å². The molecule has 1 heterocycles. The number of hydrogen-bond donors (Lipinski definition) is 0. The van der Waals surface area contributed by atoms with Crippen molar-refractivity contribution in [2.24, 2.45) is 0 Å². The van der Waals surface area contributed by atoms with E-state index in [0.717, 1.165) is 13.0 Å². The maximum absolute atomic E-state index is 11.6. The zero-order chi connectivity index (χ0) is 11.7. The number of benzene rings is 1. The second-order valence-corrected chi connectivity index (χ2v) is 4.94. The van der Waals surface area contributed by atoms with Gasteiger partial charge < -0.3 is 4.90 Å². The molecule has 1 saturated carbocycles. The maximum Gasteiger partial charge on any atom is 0.140 e. The van der Waals surface area contributed by atoms with Crippen LogP contribution >= 0.6 is 0 Å². The number of carbonyl (C=O) groups is 1. The van der Waals surface area contributed by atoms with Crippen molar-refractivity contribution in [2.45, 2.75) is 31.7 Å². The third kappa shape index (κ3) is 2.41. The predicted octanol–water partition coefficient (Wildman–Crippen LogP) is 2.85. The van der Waals surface area contributed by atoms with Gasteiger partial charge >= 0.3 is 0 Å². The largest absolute Gasteiger partial charge is 0.371 e. The van der Waals surface area contributed by atoms with Gasteiger partial charge in [0.2, 0.25) is 0 Å². The summed E-state index contributed by atoms with van der Waals surface area (Å²) in [7, 11) is 0. The average molecular weight is 227 g/mol. The standard InChI is InChI=1S/C15H17NO/c17-15-8-9-16(13-6-7-13)14(11-15)10-12-4-2-1-3-5-12/h1-5,10,13H,6-9,11H2. The third-order valence-electron chi connectivity index (χ3n) is 3.50. The summed E-state index contributed by atoms with van der Waals surface area (Å²) in [4.78, 5) is 14.0. The fourth-order valence-electron chi connectivity index (χ4n) is 2.46. The molecule has 2 aliphatic rings. The monoisotopic (exact) mass is 227 g/mol. The summed E-state index contributed by atoms with van der Waals surface area (Å²) in [6.07, 6.45) is 6.10. The predicted molar refractivity (Wildman–Crippen MR) is 68.4 cm³/mol. The van der Waals surface area contributed by atoms with Gasteiger partial charge in [-0.05, 0) is 24.5 Å². The van der Waals surface area contributed by atoms with Crippen molar-refractivity contribution in [2.75, 3.05) is 6.54 Å². The first kappa shape index (κ1) is 10.6. The normalized spacial score (nSPS) is 23.2. The van der Waals surface area contributed by atoms with Gasteiger partial charge in [-0.15, -0.1) is 0 Å². The van der Waals surface area contributed by atoms with Crippen LogP contribution in [0.25, 0.3) is 6.08 Å². The lowest BCUT2D eigenvalue weighted by Gasteiger charge is -2.31. The zero-order valence-electron chi connectivity index (χ0n) is 9.93. The van der Waals surface area contributed by atoms with Gasteiger partial charge in [-0.3, -0.25) is 4.79 Å². The highest BCUT2D eigenvalue weighted by Gasteiger charge is 2.33. The first-order valence-corrected chi connectivity index (χ1v) is 6.37. The summed E-state index contributed by atoms with van der Waals surface area (Å²) in [6.45, 7) is 0.919. The van der Waals surface area contributed by atoms with Gasteiger partial charge in [0.1, 0.15) is 5.78 Å². The summed E-state index contributed by atoms with van der Waals surface area (Å²) in [5.41, 5.74) is 2.41. The van der Waals surface area contributed by atoms with Crippen LogP contribution in [-0.4, -0.2) is 23.3 Å². The van der Waals surface area contributed by atoms with Crippen LogP contribution in [0.2, 0.25) is 0 Å². The molecule has 0 N–H and O–H groups in total. The molecule has 0 atom stereocenters. The van der Waals surface area contributed by atoms with E-state index in [9.17, 15) is 4.79 Å². The molecule has 0 amide bonds. The minimum absolute atomic E-state index is 0.379. The lowest BCUT2D eigenvalue weighted by Crippen LogP contribution is -2.33. The van der Waals surface area contributed by atoms with E-state index in [4.69, 9.17) is 0 Å². The van der Waals surface area contributed by atoms with Gasteiger partial charge in [-0.25, -0.2) is 0 Å². The molecule has 17 heavy (non-hydrogen) atoms. The molecule has 1 aliphatic heterocycles. The van der Waals surface area contributed by atoms with Crippen LogP contribution in [0.3, 0.4) is 0 Å². The second kappa shape index (κ2) is 4.36. The van der Waals surface area contributed by atoms with Crippen molar-refractivity contribution < 1.29 is 4.79 Å². The molecule has 0 spiro atoms. The Bertz CT molecular complexity index is 445.